The first kappa shape index (κ1) is 16.3. The van der Waals surface area contributed by atoms with Gasteiger partial charge in [0.1, 0.15) is 0 Å². The highest BCUT2D eigenvalue weighted by molar-refractivity contribution is 7.88. The molecule has 1 saturated heterocycles. The topological polar surface area (TPSA) is 67.2 Å². The van der Waals surface area contributed by atoms with Crippen molar-refractivity contribution >= 4 is 27.0 Å². The number of imidazole rings is 1. The lowest BCUT2D eigenvalue weighted by Crippen LogP contribution is -2.45. The van der Waals surface area contributed by atoms with Crippen LogP contribution < -0.4 is 9.62 Å². The zero-order valence-corrected chi connectivity index (χ0v) is 14.7. The zero-order valence-electron chi connectivity index (χ0n) is 13.9. The van der Waals surface area contributed by atoms with E-state index in [1.54, 1.807) is 0 Å². The maximum atomic E-state index is 11.4. The van der Waals surface area contributed by atoms with E-state index in [0.29, 0.717) is 6.04 Å². The van der Waals surface area contributed by atoms with Gasteiger partial charge in [0, 0.05) is 25.2 Å². The van der Waals surface area contributed by atoms with Crippen LogP contribution in [-0.2, 0) is 10.0 Å². The fraction of sp³-hybridized carbons (Fsp3) is 0.562. The Morgan fingerprint density at radius 3 is 2.48 bits per heavy atom. The van der Waals surface area contributed by atoms with Crippen LogP contribution in [0.25, 0.3) is 11.0 Å². The number of anilines is 1. The summed E-state index contributed by atoms with van der Waals surface area (Å²) in [6, 6.07) is 8.53. The molecule has 7 heteroatoms. The lowest BCUT2D eigenvalue weighted by atomic mass is 10.1. The fourth-order valence-corrected chi connectivity index (χ4v) is 4.11. The third kappa shape index (κ3) is 3.50. The molecule has 1 aliphatic heterocycles. The van der Waals surface area contributed by atoms with E-state index in [4.69, 9.17) is 4.98 Å². The van der Waals surface area contributed by atoms with Crippen LogP contribution in [0.15, 0.2) is 24.3 Å². The highest BCUT2D eigenvalue weighted by atomic mass is 32.2. The van der Waals surface area contributed by atoms with Crippen molar-refractivity contribution in [2.75, 3.05) is 24.2 Å². The summed E-state index contributed by atoms with van der Waals surface area (Å²) >= 11 is 0. The number of piperidine rings is 1. The Balaban J connectivity index is 1.83. The molecule has 0 saturated carbocycles. The molecule has 3 rings (SSSR count). The van der Waals surface area contributed by atoms with Crippen LogP contribution in [0.4, 0.5) is 5.95 Å². The molecule has 1 aliphatic rings. The Morgan fingerprint density at radius 2 is 1.87 bits per heavy atom. The number of hydrogen-bond acceptors (Lipinski definition) is 4. The van der Waals surface area contributed by atoms with E-state index in [9.17, 15) is 8.42 Å². The summed E-state index contributed by atoms with van der Waals surface area (Å²) in [6.07, 6.45) is 2.82. The Morgan fingerprint density at radius 1 is 1.22 bits per heavy atom. The van der Waals surface area contributed by atoms with E-state index in [-0.39, 0.29) is 6.04 Å². The van der Waals surface area contributed by atoms with Crippen molar-refractivity contribution in [2.24, 2.45) is 0 Å². The van der Waals surface area contributed by atoms with Gasteiger partial charge in [-0.25, -0.2) is 18.1 Å². The molecule has 2 aromatic rings. The summed E-state index contributed by atoms with van der Waals surface area (Å²) in [5.41, 5.74) is 2.15. The van der Waals surface area contributed by atoms with Crippen molar-refractivity contribution in [3.8, 4) is 0 Å². The van der Waals surface area contributed by atoms with Gasteiger partial charge in [0.05, 0.1) is 17.3 Å². The SMILES string of the molecule is CC(C)n1c(N2CCC(NS(C)(=O)=O)CC2)nc2ccccc21. The molecule has 1 aromatic heterocycles. The molecule has 0 aliphatic carbocycles. The number of hydrogen-bond donors (Lipinski definition) is 1. The number of nitrogens with zero attached hydrogens (tertiary/aromatic N) is 3. The molecule has 126 valence electrons. The molecule has 0 amide bonds. The molecule has 0 unspecified atom stereocenters. The number of aromatic nitrogens is 2. The second-order valence-electron chi connectivity index (χ2n) is 6.52. The average Bonchev–Trinajstić information content (AvgIpc) is 2.85. The molecule has 0 bridgehead atoms. The lowest BCUT2D eigenvalue weighted by Gasteiger charge is -2.33. The van der Waals surface area contributed by atoms with E-state index in [1.807, 2.05) is 18.2 Å². The summed E-state index contributed by atoms with van der Waals surface area (Å²) in [6.45, 7) is 5.94. The molecular formula is C16H24N4O2S. The van der Waals surface area contributed by atoms with Gasteiger partial charge in [-0.1, -0.05) is 12.1 Å². The predicted octanol–water partition coefficient (Wildman–Crippen LogP) is 2.14. The molecule has 1 aromatic carbocycles. The van der Waals surface area contributed by atoms with Crippen LogP contribution in [0.3, 0.4) is 0 Å². The lowest BCUT2D eigenvalue weighted by molar-refractivity contribution is 0.452. The molecule has 2 heterocycles. The van der Waals surface area contributed by atoms with Gasteiger partial charge in [0.15, 0.2) is 0 Å². The molecular weight excluding hydrogens is 312 g/mol. The van der Waals surface area contributed by atoms with Crippen molar-refractivity contribution in [3.63, 3.8) is 0 Å². The number of benzene rings is 1. The summed E-state index contributed by atoms with van der Waals surface area (Å²) in [7, 11) is -3.14. The highest BCUT2D eigenvalue weighted by Crippen LogP contribution is 2.28. The summed E-state index contributed by atoms with van der Waals surface area (Å²) in [4.78, 5) is 7.07. The number of rotatable bonds is 4. The first-order valence-electron chi connectivity index (χ1n) is 8.04. The summed E-state index contributed by atoms with van der Waals surface area (Å²) in [5, 5.41) is 0. The van der Waals surface area contributed by atoms with Crippen molar-refractivity contribution < 1.29 is 8.42 Å². The highest BCUT2D eigenvalue weighted by Gasteiger charge is 2.25. The largest absolute Gasteiger partial charge is 0.342 e. The van der Waals surface area contributed by atoms with Gasteiger partial charge in [-0.3, -0.25) is 0 Å². The normalized spacial score (nSPS) is 17.3. The maximum Gasteiger partial charge on any atom is 0.208 e. The van der Waals surface area contributed by atoms with E-state index >= 15 is 0 Å². The van der Waals surface area contributed by atoms with Gasteiger partial charge in [0.2, 0.25) is 16.0 Å². The molecule has 1 fully saturated rings. The van der Waals surface area contributed by atoms with Gasteiger partial charge >= 0.3 is 0 Å². The van der Waals surface area contributed by atoms with Crippen LogP contribution in [0.5, 0.6) is 0 Å². The van der Waals surface area contributed by atoms with Gasteiger partial charge in [-0.05, 0) is 38.8 Å². The molecule has 0 radical (unpaired) electrons. The summed E-state index contributed by atoms with van der Waals surface area (Å²) < 4.78 is 27.7. The van der Waals surface area contributed by atoms with E-state index < -0.39 is 10.0 Å². The monoisotopic (exact) mass is 336 g/mol. The Bertz CT molecular complexity index is 790. The third-order valence-electron chi connectivity index (χ3n) is 4.25. The standard InChI is InChI=1S/C16H24N4O2S/c1-12(2)20-15-7-5-4-6-14(15)17-16(20)19-10-8-13(9-11-19)18-23(3,21)22/h4-7,12-13,18H,8-11H2,1-3H3. The van der Waals surface area contributed by atoms with Crippen molar-refractivity contribution in [2.45, 2.75) is 38.8 Å². The first-order chi connectivity index (χ1) is 10.8. The van der Waals surface area contributed by atoms with Gasteiger partial charge in [0.25, 0.3) is 0 Å². The van der Waals surface area contributed by atoms with Crippen molar-refractivity contribution in [1.82, 2.24) is 14.3 Å². The first-order valence-corrected chi connectivity index (χ1v) is 9.93. The maximum absolute atomic E-state index is 11.4. The van der Waals surface area contributed by atoms with E-state index in [2.05, 4.69) is 34.1 Å². The average molecular weight is 336 g/mol. The fourth-order valence-electron chi connectivity index (χ4n) is 3.26. The molecule has 0 atom stereocenters. The zero-order chi connectivity index (χ0) is 16.6. The second kappa shape index (κ2) is 6.13. The Labute approximate surface area is 137 Å². The minimum atomic E-state index is -3.14. The van der Waals surface area contributed by atoms with Gasteiger partial charge in [-0.2, -0.15) is 0 Å². The van der Waals surface area contributed by atoms with E-state index in [0.717, 1.165) is 42.9 Å². The van der Waals surface area contributed by atoms with Crippen LogP contribution in [0, 0.1) is 0 Å². The van der Waals surface area contributed by atoms with Crippen molar-refractivity contribution in [1.29, 1.82) is 0 Å². The van der Waals surface area contributed by atoms with Crippen LogP contribution in [0.1, 0.15) is 32.7 Å². The van der Waals surface area contributed by atoms with Crippen LogP contribution in [0.2, 0.25) is 0 Å². The minimum absolute atomic E-state index is 0.0260. The number of sulfonamides is 1. The minimum Gasteiger partial charge on any atom is -0.342 e. The smallest absolute Gasteiger partial charge is 0.208 e. The van der Waals surface area contributed by atoms with Crippen LogP contribution >= 0.6 is 0 Å². The molecule has 6 nitrogen and oxygen atoms in total. The van der Waals surface area contributed by atoms with Gasteiger partial charge in [-0.15, -0.1) is 0 Å². The third-order valence-corrected chi connectivity index (χ3v) is 5.01. The number of para-hydroxylation sites is 2. The van der Waals surface area contributed by atoms with Crippen LogP contribution in [-0.4, -0.2) is 43.4 Å². The Hall–Kier alpha value is -1.60. The van der Waals surface area contributed by atoms with Crippen molar-refractivity contribution in [3.05, 3.63) is 24.3 Å². The van der Waals surface area contributed by atoms with E-state index in [1.165, 1.54) is 6.26 Å². The summed E-state index contributed by atoms with van der Waals surface area (Å²) in [5.74, 6) is 0.985. The van der Waals surface area contributed by atoms with Gasteiger partial charge < -0.3 is 9.47 Å². The molecule has 1 N–H and O–H groups in total. The molecule has 23 heavy (non-hydrogen) atoms. The predicted molar refractivity (Wildman–Crippen MR) is 93.3 cm³/mol. The molecule has 0 spiro atoms. The quantitative estimate of drug-likeness (QED) is 0.929. The number of fused-ring (bicyclic) bond motifs is 1. The number of nitrogens with one attached hydrogen (secondary N) is 1. The Kier molecular flexibility index (Phi) is 4.33. The second-order valence-corrected chi connectivity index (χ2v) is 8.30.